The van der Waals surface area contributed by atoms with Gasteiger partial charge in [0.05, 0.1) is 22.3 Å². The van der Waals surface area contributed by atoms with Crippen LogP contribution in [0.1, 0.15) is 18.4 Å². The molecule has 2 aromatic carbocycles. The smallest absolute Gasteiger partial charge is 0.266 e. The fourth-order valence-corrected chi connectivity index (χ4v) is 4.70. The van der Waals surface area contributed by atoms with Crippen LogP contribution < -0.4 is 11.3 Å². The first-order valence-corrected chi connectivity index (χ1v) is 11.3. The molecule has 1 aliphatic heterocycles. The van der Waals surface area contributed by atoms with Gasteiger partial charge in [0.25, 0.3) is 5.56 Å². The minimum Gasteiger partial charge on any atom is -0.369 e. The zero-order chi connectivity index (χ0) is 22.8. The van der Waals surface area contributed by atoms with Crippen molar-refractivity contribution >= 4 is 34.5 Å². The maximum absolute atomic E-state index is 14.3. The van der Waals surface area contributed by atoms with Crippen LogP contribution in [0.3, 0.4) is 0 Å². The minimum absolute atomic E-state index is 0.0698. The van der Waals surface area contributed by atoms with E-state index in [9.17, 15) is 18.8 Å². The van der Waals surface area contributed by atoms with Gasteiger partial charge in [-0.2, -0.15) is 0 Å². The number of hydrogen-bond donors (Lipinski definition) is 1. The molecule has 4 rings (SSSR count). The van der Waals surface area contributed by atoms with Crippen LogP contribution in [0.25, 0.3) is 16.6 Å². The summed E-state index contributed by atoms with van der Waals surface area (Å²) in [7, 11) is 0. The van der Waals surface area contributed by atoms with E-state index >= 15 is 0 Å². The van der Waals surface area contributed by atoms with Crippen molar-refractivity contribution in [1.82, 2.24) is 14.5 Å². The van der Waals surface area contributed by atoms with Crippen LogP contribution in [0.5, 0.6) is 0 Å². The number of fused-ring (bicyclic) bond motifs is 1. The second kappa shape index (κ2) is 9.12. The van der Waals surface area contributed by atoms with Crippen LogP contribution in [-0.2, 0) is 9.59 Å². The summed E-state index contributed by atoms with van der Waals surface area (Å²) in [5.74, 6) is -0.995. The molecular formula is C23H23FN4O3S. The second-order valence-corrected chi connectivity index (χ2v) is 8.77. The van der Waals surface area contributed by atoms with Gasteiger partial charge in [0.2, 0.25) is 11.8 Å². The highest BCUT2D eigenvalue weighted by Gasteiger charge is 2.26. The van der Waals surface area contributed by atoms with Crippen molar-refractivity contribution in [2.75, 3.05) is 18.8 Å². The molecular weight excluding hydrogens is 431 g/mol. The number of primary amides is 1. The lowest BCUT2D eigenvalue weighted by Gasteiger charge is -2.30. The van der Waals surface area contributed by atoms with E-state index < -0.39 is 5.82 Å². The fraction of sp³-hybridized carbons (Fsp3) is 0.304. The zero-order valence-electron chi connectivity index (χ0n) is 17.6. The number of carbonyl (C=O) groups excluding carboxylic acids is 2. The summed E-state index contributed by atoms with van der Waals surface area (Å²) in [6, 6.07) is 11.5. The molecule has 0 radical (unpaired) electrons. The number of carbonyl (C=O) groups is 2. The summed E-state index contributed by atoms with van der Waals surface area (Å²) in [5, 5.41) is 0.731. The fourth-order valence-electron chi connectivity index (χ4n) is 3.79. The first-order valence-electron chi connectivity index (χ1n) is 10.3. The summed E-state index contributed by atoms with van der Waals surface area (Å²) in [4.78, 5) is 43.6. The van der Waals surface area contributed by atoms with Crippen LogP contribution in [-0.4, -0.2) is 45.1 Å². The Morgan fingerprint density at radius 3 is 2.59 bits per heavy atom. The van der Waals surface area contributed by atoms with E-state index in [-0.39, 0.29) is 29.0 Å². The molecule has 9 heteroatoms. The highest BCUT2D eigenvalue weighted by atomic mass is 32.2. The zero-order valence-corrected chi connectivity index (χ0v) is 18.4. The number of aromatic nitrogens is 2. The number of rotatable bonds is 5. The second-order valence-electron chi connectivity index (χ2n) is 7.83. The predicted octanol–water partition coefficient (Wildman–Crippen LogP) is 2.65. The summed E-state index contributed by atoms with van der Waals surface area (Å²) < 4.78 is 15.6. The lowest BCUT2D eigenvalue weighted by atomic mass is 9.96. The molecule has 1 aromatic heterocycles. The maximum Gasteiger partial charge on any atom is 0.266 e. The predicted molar refractivity (Wildman–Crippen MR) is 121 cm³/mol. The Kier molecular flexibility index (Phi) is 6.27. The molecule has 166 valence electrons. The number of nitrogens with two attached hydrogens (primary N) is 1. The normalized spacial score (nSPS) is 14.6. The average Bonchev–Trinajstić information content (AvgIpc) is 2.79. The Morgan fingerprint density at radius 2 is 1.91 bits per heavy atom. The Labute approximate surface area is 188 Å². The lowest BCUT2D eigenvalue weighted by Crippen LogP contribution is -2.42. The summed E-state index contributed by atoms with van der Waals surface area (Å²) in [5.41, 5.74) is 6.38. The van der Waals surface area contributed by atoms with Crippen LogP contribution in [0.4, 0.5) is 4.39 Å². The summed E-state index contributed by atoms with van der Waals surface area (Å²) >= 11 is 1.14. The largest absolute Gasteiger partial charge is 0.369 e. The van der Waals surface area contributed by atoms with Crippen molar-refractivity contribution in [1.29, 1.82) is 0 Å². The third-order valence-electron chi connectivity index (χ3n) is 5.73. The molecule has 3 aromatic rings. The van der Waals surface area contributed by atoms with E-state index in [4.69, 9.17) is 5.73 Å². The molecule has 0 aliphatic carbocycles. The summed E-state index contributed by atoms with van der Waals surface area (Å²) in [6.07, 6.45) is 1.10. The Bertz CT molecular complexity index is 1250. The number of amides is 2. The lowest BCUT2D eigenvalue weighted by molar-refractivity contribution is -0.132. The number of aryl methyl sites for hydroxylation is 1. The van der Waals surface area contributed by atoms with Gasteiger partial charge in [0, 0.05) is 19.0 Å². The minimum atomic E-state index is -0.424. The SMILES string of the molecule is Cc1ccc(-n2c(SCC(=O)N3CCC(C(N)=O)CC3)nc3ccccc3c2=O)cc1F. The van der Waals surface area contributed by atoms with Gasteiger partial charge in [-0.25, -0.2) is 9.37 Å². The van der Waals surface area contributed by atoms with E-state index in [1.54, 1.807) is 48.2 Å². The van der Waals surface area contributed by atoms with E-state index in [0.717, 1.165) is 11.8 Å². The summed E-state index contributed by atoms with van der Waals surface area (Å²) in [6.45, 7) is 2.58. The van der Waals surface area contributed by atoms with Crippen molar-refractivity contribution in [2.45, 2.75) is 24.9 Å². The standard InChI is InChI=1S/C23H23FN4O3S/c1-14-6-7-16(12-18(14)24)28-22(31)17-4-2-3-5-19(17)26-23(28)32-13-20(29)27-10-8-15(9-11-27)21(25)30/h2-7,12,15H,8-11,13H2,1H3,(H2,25,30). The highest BCUT2D eigenvalue weighted by Crippen LogP contribution is 2.24. The molecule has 7 nitrogen and oxygen atoms in total. The molecule has 2 amide bonds. The van der Waals surface area contributed by atoms with E-state index in [1.165, 1.54) is 10.6 Å². The molecule has 0 spiro atoms. The molecule has 1 fully saturated rings. The van der Waals surface area contributed by atoms with Gasteiger partial charge in [-0.1, -0.05) is 30.0 Å². The maximum atomic E-state index is 14.3. The van der Waals surface area contributed by atoms with Crippen LogP contribution in [0.15, 0.2) is 52.4 Å². The average molecular weight is 455 g/mol. The van der Waals surface area contributed by atoms with Crippen molar-refractivity contribution in [2.24, 2.45) is 11.7 Å². The van der Waals surface area contributed by atoms with Crippen LogP contribution in [0, 0.1) is 18.7 Å². The number of benzene rings is 2. The number of para-hydroxylation sites is 1. The number of thioether (sulfide) groups is 1. The van der Waals surface area contributed by atoms with Gasteiger partial charge in [-0.05, 0) is 49.6 Å². The number of likely N-dealkylation sites (tertiary alicyclic amines) is 1. The first kappa shape index (κ1) is 22.0. The van der Waals surface area contributed by atoms with Gasteiger partial charge in [-0.15, -0.1) is 0 Å². The Balaban J connectivity index is 1.63. The molecule has 1 aliphatic rings. The third kappa shape index (κ3) is 4.38. The molecule has 2 heterocycles. The topological polar surface area (TPSA) is 98.3 Å². The van der Waals surface area contributed by atoms with Gasteiger partial charge in [0.1, 0.15) is 5.82 Å². The van der Waals surface area contributed by atoms with E-state index in [1.807, 2.05) is 0 Å². The van der Waals surface area contributed by atoms with Crippen molar-refractivity contribution < 1.29 is 14.0 Å². The molecule has 0 bridgehead atoms. The number of halogens is 1. The Hall–Kier alpha value is -3.20. The molecule has 0 atom stereocenters. The van der Waals surface area contributed by atoms with Gasteiger partial charge < -0.3 is 10.6 Å². The molecule has 32 heavy (non-hydrogen) atoms. The Morgan fingerprint density at radius 1 is 1.19 bits per heavy atom. The van der Waals surface area contributed by atoms with Crippen LogP contribution in [0.2, 0.25) is 0 Å². The van der Waals surface area contributed by atoms with Gasteiger partial charge >= 0.3 is 0 Å². The van der Waals surface area contributed by atoms with Gasteiger partial charge in [-0.3, -0.25) is 19.0 Å². The van der Waals surface area contributed by atoms with E-state index in [0.29, 0.717) is 53.2 Å². The first-order chi connectivity index (χ1) is 15.3. The number of nitrogens with zero attached hydrogens (tertiary/aromatic N) is 3. The quantitative estimate of drug-likeness (QED) is 0.472. The highest BCUT2D eigenvalue weighted by molar-refractivity contribution is 7.99. The molecule has 0 saturated carbocycles. The molecule has 2 N–H and O–H groups in total. The molecule has 0 unspecified atom stereocenters. The number of hydrogen-bond acceptors (Lipinski definition) is 5. The van der Waals surface area contributed by atoms with Gasteiger partial charge in [0.15, 0.2) is 5.16 Å². The van der Waals surface area contributed by atoms with Crippen molar-refractivity contribution in [3.8, 4) is 5.69 Å². The van der Waals surface area contributed by atoms with Crippen molar-refractivity contribution in [3.05, 3.63) is 64.2 Å². The monoisotopic (exact) mass is 454 g/mol. The van der Waals surface area contributed by atoms with Crippen molar-refractivity contribution in [3.63, 3.8) is 0 Å². The molecule has 1 saturated heterocycles. The van der Waals surface area contributed by atoms with E-state index in [2.05, 4.69) is 4.98 Å². The third-order valence-corrected chi connectivity index (χ3v) is 6.66. The van der Waals surface area contributed by atoms with Crippen LogP contribution >= 0.6 is 11.8 Å². The number of piperidine rings is 1.